The zero-order valence-corrected chi connectivity index (χ0v) is 22.8. The fourth-order valence-corrected chi connectivity index (χ4v) is 5.16. The summed E-state index contributed by atoms with van der Waals surface area (Å²) in [6, 6.07) is 8.74. The molecule has 1 fully saturated rings. The van der Waals surface area contributed by atoms with Crippen LogP contribution in [0.25, 0.3) is 0 Å². The van der Waals surface area contributed by atoms with Gasteiger partial charge in [-0.2, -0.15) is 0 Å². The monoisotopic (exact) mass is 521 g/mol. The molecular weight excluding hydrogens is 478 g/mol. The number of carboxylic acid groups (broad SMARTS) is 1. The number of piperidine rings is 1. The van der Waals surface area contributed by atoms with E-state index in [1.165, 1.54) is 49.9 Å². The Morgan fingerprint density at radius 1 is 0.921 bits per heavy atom. The van der Waals surface area contributed by atoms with Crippen LogP contribution in [0.2, 0.25) is 0 Å². The summed E-state index contributed by atoms with van der Waals surface area (Å²) in [7, 11) is 2.02. The first-order valence-corrected chi connectivity index (χ1v) is 14.0. The van der Waals surface area contributed by atoms with Gasteiger partial charge < -0.3 is 19.6 Å². The lowest BCUT2D eigenvalue weighted by Crippen LogP contribution is -2.31. The molecule has 38 heavy (non-hydrogen) atoms. The lowest BCUT2D eigenvalue weighted by molar-refractivity contribution is -0.137. The zero-order valence-electron chi connectivity index (χ0n) is 22.8. The summed E-state index contributed by atoms with van der Waals surface area (Å²) in [5.41, 5.74) is 2.45. The van der Waals surface area contributed by atoms with Gasteiger partial charge in [0.15, 0.2) is 0 Å². The van der Waals surface area contributed by atoms with Crippen molar-refractivity contribution in [1.29, 1.82) is 0 Å². The van der Waals surface area contributed by atoms with E-state index in [4.69, 9.17) is 0 Å². The molecule has 0 amide bonds. The number of imidazole rings is 2. The Bertz CT molecular complexity index is 1070. The van der Waals surface area contributed by atoms with Gasteiger partial charge >= 0.3 is 5.97 Å². The number of hydrogen-bond acceptors (Lipinski definition) is 6. The number of rotatable bonds is 16. The largest absolute Gasteiger partial charge is 0.481 e. The van der Waals surface area contributed by atoms with Gasteiger partial charge in [0.1, 0.15) is 11.6 Å². The number of nitrogens with zero attached hydrogens (tertiary/aromatic N) is 6. The molecule has 9 heteroatoms. The average molecular weight is 522 g/mol. The minimum Gasteiger partial charge on any atom is -0.481 e. The molecule has 206 valence electrons. The van der Waals surface area contributed by atoms with E-state index in [9.17, 15) is 9.90 Å². The predicted molar refractivity (Wildman–Crippen MR) is 148 cm³/mol. The summed E-state index contributed by atoms with van der Waals surface area (Å²) in [5, 5.41) is 9.24. The van der Waals surface area contributed by atoms with Crippen LogP contribution in [0.1, 0.15) is 61.3 Å². The second kappa shape index (κ2) is 14.8. The molecule has 0 saturated carbocycles. The van der Waals surface area contributed by atoms with Gasteiger partial charge in [0.05, 0.1) is 19.5 Å². The summed E-state index contributed by atoms with van der Waals surface area (Å²) < 4.78 is 2.05. The van der Waals surface area contributed by atoms with Crippen molar-refractivity contribution in [2.24, 2.45) is 7.05 Å². The van der Waals surface area contributed by atoms with Crippen LogP contribution < -0.4 is 0 Å². The van der Waals surface area contributed by atoms with Crippen molar-refractivity contribution in [3.8, 4) is 0 Å². The smallest absolute Gasteiger partial charge is 0.304 e. The Labute approximate surface area is 226 Å². The number of aryl methyl sites for hydroxylation is 1. The highest BCUT2D eigenvalue weighted by molar-refractivity contribution is 5.66. The SMILES string of the molecule is Cn1ccnc1CN(Cc1ccc(CN(CCCCN2CCCCC2)CCC(=O)O)cc1)Cc1ncc[nH]1. The van der Waals surface area contributed by atoms with Crippen LogP contribution in [0.4, 0.5) is 0 Å². The van der Waals surface area contributed by atoms with Crippen molar-refractivity contribution >= 4 is 5.97 Å². The number of carboxylic acids is 1. The van der Waals surface area contributed by atoms with Crippen molar-refractivity contribution in [2.75, 3.05) is 32.7 Å². The zero-order chi connectivity index (χ0) is 26.6. The van der Waals surface area contributed by atoms with Crippen molar-refractivity contribution in [3.63, 3.8) is 0 Å². The highest BCUT2D eigenvalue weighted by Crippen LogP contribution is 2.15. The van der Waals surface area contributed by atoms with E-state index < -0.39 is 5.97 Å². The van der Waals surface area contributed by atoms with Gasteiger partial charge in [-0.05, 0) is 63.0 Å². The number of aliphatic carboxylic acids is 1. The lowest BCUT2D eigenvalue weighted by atomic mass is 10.1. The fourth-order valence-electron chi connectivity index (χ4n) is 5.16. The average Bonchev–Trinajstić information content (AvgIpc) is 3.58. The van der Waals surface area contributed by atoms with Crippen LogP contribution >= 0.6 is 0 Å². The molecular formula is C29H43N7O2. The summed E-state index contributed by atoms with van der Waals surface area (Å²) >= 11 is 0. The van der Waals surface area contributed by atoms with Gasteiger partial charge in [0.2, 0.25) is 0 Å². The number of unbranched alkanes of at least 4 members (excludes halogenated alkanes) is 1. The molecule has 1 aromatic carbocycles. The van der Waals surface area contributed by atoms with Gasteiger partial charge in [0.25, 0.3) is 0 Å². The van der Waals surface area contributed by atoms with Crippen LogP contribution in [0, 0.1) is 0 Å². The molecule has 0 aliphatic carbocycles. The third-order valence-corrected chi connectivity index (χ3v) is 7.34. The van der Waals surface area contributed by atoms with E-state index in [0.717, 1.165) is 50.8 Å². The van der Waals surface area contributed by atoms with Crippen LogP contribution in [0.3, 0.4) is 0 Å². The first-order chi connectivity index (χ1) is 18.5. The summed E-state index contributed by atoms with van der Waals surface area (Å²) in [4.78, 5) is 30.6. The molecule has 3 heterocycles. The molecule has 0 atom stereocenters. The number of carbonyl (C=O) groups is 1. The number of likely N-dealkylation sites (tertiary alicyclic amines) is 1. The molecule has 1 saturated heterocycles. The van der Waals surface area contributed by atoms with E-state index in [1.54, 1.807) is 6.20 Å². The molecule has 0 spiro atoms. The van der Waals surface area contributed by atoms with Gasteiger partial charge in [-0.1, -0.05) is 30.7 Å². The molecule has 1 aliphatic rings. The maximum absolute atomic E-state index is 11.2. The quantitative estimate of drug-likeness (QED) is 0.276. The van der Waals surface area contributed by atoms with Crippen LogP contribution in [-0.2, 0) is 38.0 Å². The molecule has 3 aromatic rings. The van der Waals surface area contributed by atoms with Crippen LogP contribution in [0.15, 0.2) is 49.1 Å². The van der Waals surface area contributed by atoms with Crippen LogP contribution in [0.5, 0.6) is 0 Å². The molecule has 0 bridgehead atoms. The third-order valence-electron chi connectivity index (χ3n) is 7.34. The van der Waals surface area contributed by atoms with Crippen molar-refractivity contribution < 1.29 is 9.90 Å². The standard InChI is InChI=1S/C29H43N7O2/c1-33-20-14-32-28(33)24-36(23-27-30-12-13-31-27)22-26-9-7-25(8-10-26)21-35(19-11-29(37)38)18-6-5-17-34-15-3-2-4-16-34/h7-10,12-14,20H,2-6,11,15-19,21-24H2,1H3,(H,30,31)(H,37,38). The molecule has 2 N–H and O–H groups in total. The van der Waals surface area contributed by atoms with E-state index in [1.807, 2.05) is 25.6 Å². The predicted octanol–water partition coefficient (Wildman–Crippen LogP) is 3.89. The maximum atomic E-state index is 11.2. The van der Waals surface area contributed by atoms with Gasteiger partial charge in [0, 0.05) is 51.5 Å². The number of aromatic amines is 1. The van der Waals surface area contributed by atoms with Gasteiger partial charge in [-0.3, -0.25) is 14.6 Å². The van der Waals surface area contributed by atoms with Gasteiger partial charge in [-0.15, -0.1) is 0 Å². The number of nitrogens with one attached hydrogen (secondary N) is 1. The second-order valence-corrected chi connectivity index (χ2v) is 10.5. The Kier molecular flexibility index (Phi) is 10.9. The highest BCUT2D eigenvalue weighted by atomic mass is 16.4. The van der Waals surface area contributed by atoms with Crippen molar-refractivity contribution in [1.82, 2.24) is 34.2 Å². The summed E-state index contributed by atoms with van der Waals surface area (Å²) in [6.07, 6.45) is 13.9. The first-order valence-electron chi connectivity index (χ1n) is 14.0. The normalized spacial score (nSPS) is 14.5. The summed E-state index contributed by atoms with van der Waals surface area (Å²) in [5.74, 6) is 1.22. The Balaban J connectivity index is 1.31. The van der Waals surface area contributed by atoms with E-state index >= 15 is 0 Å². The fraction of sp³-hybridized carbons (Fsp3) is 0.552. The van der Waals surface area contributed by atoms with Crippen molar-refractivity contribution in [3.05, 3.63) is 71.8 Å². The van der Waals surface area contributed by atoms with E-state index in [-0.39, 0.29) is 6.42 Å². The Morgan fingerprint density at radius 2 is 1.66 bits per heavy atom. The van der Waals surface area contributed by atoms with Crippen molar-refractivity contribution in [2.45, 2.75) is 64.7 Å². The molecule has 9 nitrogen and oxygen atoms in total. The molecule has 0 unspecified atom stereocenters. The topological polar surface area (TPSA) is 93.5 Å². The number of benzene rings is 1. The molecule has 4 rings (SSSR count). The molecule has 1 aliphatic heterocycles. The number of hydrogen-bond donors (Lipinski definition) is 2. The summed E-state index contributed by atoms with van der Waals surface area (Å²) in [6.45, 7) is 8.15. The maximum Gasteiger partial charge on any atom is 0.304 e. The third kappa shape index (κ3) is 9.38. The minimum absolute atomic E-state index is 0.180. The minimum atomic E-state index is -0.733. The Morgan fingerprint density at radius 3 is 2.29 bits per heavy atom. The second-order valence-electron chi connectivity index (χ2n) is 10.5. The highest BCUT2D eigenvalue weighted by Gasteiger charge is 2.14. The lowest BCUT2D eigenvalue weighted by Gasteiger charge is -2.27. The Hall–Kier alpha value is -3.01. The van der Waals surface area contributed by atoms with Crippen LogP contribution in [-0.4, -0.2) is 78.0 Å². The van der Waals surface area contributed by atoms with E-state index in [0.29, 0.717) is 13.1 Å². The van der Waals surface area contributed by atoms with E-state index in [2.05, 4.69) is 58.5 Å². The first kappa shape index (κ1) is 28.0. The van der Waals surface area contributed by atoms with Gasteiger partial charge in [-0.25, -0.2) is 9.97 Å². The molecule has 2 aromatic heterocycles. The molecule has 0 radical (unpaired) electrons. The number of H-pyrrole nitrogens is 1. The number of aromatic nitrogens is 4.